The summed E-state index contributed by atoms with van der Waals surface area (Å²) in [5.74, 6) is -0.269. The van der Waals surface area contributed by atoms with E-state index in [2.05, 4.69) is 13.8 Å². The van der Waals surface area contributed by atoms with Crippen LogP contribution >= 0.6 is 11.6 Å². The molecule has 3 nitrogen and oxygen atoms in total. The van der Waals surface area contributed by atoms with Crippen LogP contribution in [0.2, 0.25) is 5.02 Å². The van der Waals surface area contributed by atoms with Gasteiger partial charge in [-0.2, -0.15) is 0 Å². The normalized spacial score (nSPS) is 12.6. The van der Waals surface area contributed by atoms with Gasteiger partial charge in [-0.25, -0.2) is 0 Å². The molecule has 0 aromatic heterocycles. The number of methoxy groups -OCH3 is 1. The van der Waals surface area contributed by atoms with Crippen LogP contribution in [-0.4, -0.2) is 18.2 Å². The molecule has 4 heteroatoms. The highest BCUT2D eigenvalue weighted by atomic mass is 35.5. The molecule has 0 amide bonds. The lowest BCUT2D eigenvalue weighted by Gasteiger charge is -2.16. The number of hydrogen-bond acceptors (Lipinski definition) is 2. The Morgan fingerprint density at radius 2 is 2.00 bits per heavy atom. The fourth-order valence-corrected chi connectivity index (χ4v) is 2.22. The van der Waals surface area contributed by atoms with Gasteiger partial charge in [-0.05, 0) is 35.6 Å². The molecule has 0 aliphatic rings. The van der Waals surface area contributed by atoms with Gasteiger partial charge in [-0.15, -0.1) is 0 Å². The number of carboxylic acids is 1. The van der Waals surface area contributed by atoms with E-state index in [0.717, 1.165) is 11.1 Å². The molecule has 1 unspecified atom stereocenters. The van der Waals surface area contributed by atoms with Gasteiger partial charge in [0.05, 0.1) is 13.0 Å². The van der Waals surface area contributed by atoms with E-state index >= 15 is 0 Å². The first-order chi connectivity index (χ1) is 8.36. The second-order valence-electron chi connectivity index (χ2n) is 4.78. The minimum Gasteiger partial charge on any atom is -0.496 e. The highest BCUT2D eigenvalue weighted by molar-refractivity contribution is 6.31. The lowest BCUT2D eigenvalue weighted by atomic mass is 9.96. The summed E-state index contributed by atoms with van der Waals surface area (Å²) in [6.45, 7) is 5.78. The first-order valence-electron chi connectivity index (χ1n) is 5.95. The monoisotopic (exact) mass is 270 g/mol. The quantitative estimate of drug-likeness (QED) is 0.887. The molecule has 0 saturated heterocycles. The van der Waals surface area contributed by atoms with Gasteiger partial charge in [0.15, 0.2) is 0 Å². The maximum Gasteiger partial charge on any atom is 0.306 e. The third-order valence-electron chi connectivity index (χ3n) is 2.97. The number of rotatable bonds is 5. The molecule has 1 atom stereocenters. The molecule has 100 valence electrons. The van der Waals surface area contributed by atoms with Crippen molar-refractivity contribution in [2.45, 2.75) is 33.1 Å². The highest BCUT2D eigenvalue weighted by Crippen LogP contribution is 2.32. The molecular weight excluding hydrogens is 252 g/mol. The van der Waals surface area contributed by atoms with Crippen molar-refractivity contribution in [2.75, 3.05) is 7.11 Å². The van der Waals surface area contributed by atoms with E-state index in [0.29, 0.717) is 23.1 Å². The molecule has 0 saturated carbocycles. The van der Waals surface area contributed by atoms with Gasteiger partial charge in [0, 0.05) is 5.02 Å². The molecule has 0 aliphatic heterocycles. The van der Waals surface area contributed by atoms with Crippen molar-refractivity contribution in [3.63, 3.8) is 0 Å². The smallest absolute Gasteiger partial charge is 0.306 e. The Bertz CT molecular complexity index is 441. The number of halogens is 1. The standard InChI is InChI=1S/C14H19ClO3/c1-8(2)11-7-13(18-4)10(6-12(11)15)5-9(3)14(16)17/h6-9H,5H2,1-4H3,(H,16,17). The molecule has 0 spiro atoms. The Morgan fingerprint density at radius 1 is 1.39 bits per heavy atom. The number of aliphatic carboxylic acids is 1. The summed E-state index contributed by atoms with van der Waals surface area (Å²) >= 11 is 6.21. The average Bonchev–Trinajstić information content (AvgIpc) is 2.28. The Morgan fingerprint density at radius 3 is 2.44 bits per heavy atom. The van der Waals surface area contributed by atoms with Crippen molar-refractivity contribution in [3.05, 3.63) is 28.3 Å². The van der Waals surface area contributed by atoms with E-state index in [1.807, 2.05) is 12.1 Å². The molecule has 0 radical (unpaired) electrons. The zero-order valence-electron chi connectivity index (χ0n) is 11.2. The average molecular weight is 271 g/mol. The van der Waals surface area contributed by atoms with Crippen LogP contribution in [0.5, 0.6) is 5.75 Å². The predicted octanol–water partition coefficient (Wildman–Crippen LogP) is 3.74. The number of benzene rings is 1. The third kappa shape index (κ3) is 3.39. The maximum atomic E-state index is 10.9. The molecule has 1 aromatic rings. The number of carbonyl (C=O) groups is 1. The van der Waals surface area contributed by atoms with Crippen LogP contribution in [0, 0.1) is 5.92 Å². The summed E-state index contributed by atoms with van der Waals surface area (Å²) in [6, 6.07) is 3.71. The van der Waals surface area contributed by atoms with Crippen LogP contribution in [0.25, 0.3) is 0 Å². The van der Waals surface area contributed by atoms with E-state index in [4.69, 9.17) is 21.4 Å². The van der Waals surface area contributed by atoms with E-state index in [1.165, 1.54) is 0 Å². The second-order valence-corrected chi connectivity index (χ2v) is 5.19. The largest absolute Gasteiger partial charge is 0.496 e. The Hall–Kier alpha value is -1.22. The van der Waals surface area contributed by atoms with Crippen molar-refractivity contribution >= 4 is 17.6 Å². The second kappa shape index (κ2) is 6.10. The lowest BCUT2D eigenvalue weighted by molar-refractivity contribution is -0.141. The molecular formula is C14H19ClO3. The van der Waals surface area contributed by atoms with Crippen molar-refractivity contribution in [2.24, 2.45) is 5.92 Å². The SMILES string of the molecule is COc1cc(C(C)C)c(Cl)cc1CC(C)C(=O)O. The fourth-order valence-electron chi connectivity index (χ4n) is 1.82. The molecule has 0 aliphatic carbocycles. The Balaban J connectivity index is 3.12. The zero-order chi connectivity index (χ0) is 13.9. The van der Waals surface area contributed by atoms with Crippen LogP contribution in [-0.2, 0) is 11.2 Å². The molecule has 0 bridgehead atoms. The summed E-state index contributed by atoms with van der Waals surface area (Å²) in [5.41, 5.74) is 1.85. The summed E-state index contributed by atoms with van der Waals surface area (Å²) in [4.78, 5) is 10.9. The fraction of sp³-hybridized carbons (Fsp3) is 0.500. The van der Waals surface area contributed by atoms with Gasteiger partial charge in [0.1, 0.15) is 5.75 Å². The summed E-state index contributed by atoms with van der Waals surface area (Å²) in [6.07, 6.45) is 0.413. The van der Waals surface area contributed by atoms with Crippen molar-refractivity contribution in [3.8, 4) is 5.75 Å². The highest BCUT2D eigenvalue weighted by Gasteiger charge is 2.17. The predicted molar refractivity (Wildman–Crippen MR) is 72.6 cm³/mol. The van der Waals surface area contributed by atoms with Gasteiger partial charge in [-0.1, -0.05) is 32.4 Å². The van der Waals surface area contributed by atoms with E-state index in [9.17, 15) is 4.79 Å². The maximum absolute atomic E-state index is 10.9. The molecule has 0 fully saturated rings. The Kier molecular flexibility index (Phi) is 5.03. The van der Waals surface area contributed by atoms with Crippen LogP contribution in [0.4, 0.5) is 0 Å². The lowest BCUT2D eigenvalue weighted by Crippen LogP contribution is -2.13. The van der Waals surface area contributed by atoms with Crippen molar-refractivity contribution < 1.29 is 14.6 Å². The molecule has 0 heterocycles. The van der Waals surface area contributed by atoms with Crippen LogP contribution in [0.1, 0.15) is 37.8 Å². The minimum atomic E-state index is -0.818. The topological polar surface area (TPSA) is 46.5 Å². The first-order valence-corrected chi connectivity index (χ1v) is 6.33. The summed E-state index contributed by atoms with van der Waals surface area (Å²) in [5, 5.41) is 9.61. The zero-order valence-corrected chi connectivity index (χ0v) is 11.9. The van der Waals surface area contributed by atoms with Crippen LogP contribution < -0.4 is 4.74 Å². The van der Waals surface area contributed by atoms with Gasteiger partial charge in [0.2, 0.25) is 0 Å². The number of ether oxygens (including phenoxy) is 1. The van der Waals surface area contributed by atoms with Gasteiger partial charge in [0.25, 0.3) is 0 Å². The van der Waals surface area contributed by atoms with Gasteiger partial charge >= 0.3 is 5.97 Å². The third-order valence-corrected chi connectivity index (χ3v) is 3.30. The summed E-state index contributed by atoms with van der Waals surface area (Å²) < 4.78 is 5.32. The number of carboxylic acid groups (broad SMARTS) is 1. The molecule has 1 N–H and O–H groups in total. The van der Waals surface area contributed by atoms with E-state index < -0.39 is 11.9 Å². The summed E-state index contributed by atoms with van der Waals surface area (Å²) in [7, 11) is 1.59. The molecule has 1 rings (SSSR count). The van der Waals surface area contributed by atoms with Crippen LogP contribution in [0.15, 0.2) is 12.1 Å². The van der Waals surface area contributed by atoms with E-state index in [-0.39, 0.29) is 0 Å². The van der Waals surface area contributed by atoms with Crippen molar-refractivity contribution in [1.29, 1.82) is 0 Å². The number of hydrogen-bond donors (Lipinski definition) is 1. The van der Waals surface area contributed by atoms with Gasteiger partial charge < -0.3 is 9.84 Å². The molecule has 18 heavy (non-hydrogen) atoms. The molecule has 1 aromatic carbocycles. The van der Waals surface area contributed by atoms with Crippen LogP contribution in [0.3, 0.4) is 0 Å². The van der Waals surface area contributed by atoms with Crippen molar-refractivity contribution in [1.82, 2.24) is 0 Å². The first kappa shape index (κ1) is 14.8. The van der Waals surface area contributed by atoms with Gasteiger partial charge in [-0.3, -0.25) is 4.79 Å². The van der Waals surface area contributed by atoms with E-state index in [1.54, 1.807) is 14.0 Å². The minimum absolute atomic E-state index is 0.303. The Labute approximate surface area is 113 Å².